The fourth-order valence-electron chi connectivity index (χ4n) is 4.35. The van der Waals surface area contributed by atoms with E-state index in [2.05, 4.69) is 16.0 Å². The van der Waals surface area contributed by atoms with E-state index in [1.54, 1.807) is 23.9 Å². The van der Waals surface area contributed by atoms with Gasteiger partial charge in [-0.05, 0) is 49.1 Å². The Balaban J connectivity index is 1.25. The largest absolute Gasteiger partial charge is 0.418 e. The van der Waals surface area contributed by atoms with Crippen LogP contribution < -0.4 is 16.0 Å². The number of hydrogen-bond acceptors (Lipinski definition) is 4. The Morgan fingerprint density at radius 2 is 1.86 bits per heavy atom. The molecule has 4 rings (SSSR count). The molecule has 2 saturated heterocycles. The van der Waals surface area contributed by atoms with Crippen LogP contribution in [0, 0.1) is 0 Å². The zero-order valence-corrected chi connectivity index (χ0v) is 21.5. The molecule has 0 saturated carbocycles. The van der Waals surface area contributed by atoms with E-state index < -0.39 is 17.8 Å². The van der Waals surface area contributed by atoms with Gasteiger partial charge in [0, 0.05) is 35.4 Å². The normalized spacial score (nSPS) is 19.4. The van der Waals surface area contributed by atoms with E-state index in [1.807, 2.05) is 6.07 Å². The fraction of sp³-hybridized carbons (Fsp3) is 0.417. The number of nitrogens with one attached hydrogen (secondary N) is 3. The Morgan fingerprint density at radius 3 is 2.56 bits per heavy atom. The molecule has 3 N–H and O–H groups in total. The Bertz CT molecular complexity index is 1130. The lowest BCUT2D eigenvalue weighted by Crippen LogP contribution is -2.55. The first-order valence-corrected chi connectivity index (χ1v) is 13.2. The van der Waals surface area contributed by atoms with Crippen LogP contribution in [0.3, 0.4) is 0 Å². The van der Waals surface area contributed by atoms with Crippen molar-refractivity contribution in [3.8, 4) is 0 Å². The van der Waals surface area contributed by atoms with Gasteiger partial charge in [0.05, 0.1) is 22.2 Å². The van der Waals surface area contributed by atoms with Crippen LogP contribution in [0.25, 0.3) is 0 Å². The third kappa shape index (κ3) is 6.40. The van der Waals surface area contributed by atoms with Crippen molar-refractivity contribution in [3.05, 3.63) is 63.6 Å². The predicted molar refractivity (Wildman–Crippen MR) is 137 cm³/mol. The SMILES string of the molecule is O=C(NCCc1ccc(Cl)cc1Cl)[C@@H]1CSC2(CCN(C(=O)Nc3ccccc3C(F)(F)F)CC2)N1. The monoisotopic (exact) mass is 560 g/mol. The number of para-hydroxylation sites is 1. The quantitative estimate of drug-likeness (QED) is 0.457. The molecule has 0 aliphatic carbocycles. The molecule has 1 atom stereocenters. The molecule has 12 heteroatoms. The lowest BCUT2D eigenvalue weighted by molar-refractivity contribution is -0.137. The van der Waals surface area contributed by atoms with Gasteiger partial charge in [-0.25, -0.2) is 4.79 Å². The molecular weight excluding hydrogens is 536 g/mol. The summed E-state index contributed by atoms with van der Waals surface area (Å²) in [5, 5.41) is 9.86. The standard InChI is InChI=1S/C24H25Cl2F3N4O2S/c25-16-6-5-15(18(26)13-16)7-10-30-21(34)20-14-36-23(32-20)8-11-33(12-9-23)22(35)31-19-4-2-1-3-17(19)24(27,28)29/h1-6,13,20,32H,7-12,14H2,(H,30,34)(H,31,35)/t20-/m0/s1. The summed E-state index contributed by atoms with van der Waals surface area (Å²) in [6.07, 6.45) is -2.82. The van der Waals surface area contributed by atoms with Crippen LogP contribution in [0.1, 0.15) is 24.0 Å². The Hall–Kier alpha value is -2.14. The first kappa shape index (κ1) is 26.9. The number of halogens is 5. The number of amides is 3. The highest BCUT2D eigenvalue weighted by atomic mass is 35.5. The van der Waals surface area contributed by atoms with Gasteiger partial charge < -0.3 is 15.5 Å². The number of rotatable bonds is 5. The van der Waals surface area contributed by atoms with Gasteiger partial charge in [-0.2, -0.15) is 13.2 Å². The van der Waals surface area contributed by atoms with Crippen LogP contribution >= 0.6 is 35.0 Å². The highest BCUT2D eigenvalue weighted by Gasteiger charge is 2.44. The molecule has 2 aromatic carbocycles. The summed E-state index contributed by atoms with van der Waals surface area (Å²) < 4.78 is 39.7. The Morgan fingerprint density at radius 1 is 1.14 bits per heavy atom. The molecular formula is C24H25Cl2F3N4O2S. The van der Waals surface area contributed by atoms with Crippen LogP contribution in [0.5, 0.6) is 0 Å². The van der Waals surface area contributed by atoms with Gasteiger partial charge in [-0.1, -0.05) is 41.4 Å². The molecule has 2 aliphatic heterocycles. The number of nitrogens with zero attached hydrogens (tertiary/aromatic N) is 1. The molecule has 0 bridgehead atoms. The number of likely N-dealkylation sites (tertiary alicyclic amines) is 1. The van der Waals surface area contributed by atoms with Crippen molar-refractivity contribution >= 4 is 52.6 Å². The van der Waals surface area contributed by atoms with Gasteiger partial charge in [-0.3, -0.25) is 10.1 Å². The third-order valence-corrected chi connectivity index (χ3v) is 8.49. The summed E-state index contributed by atoms with van der Waals surface area (Å²) in [5.41, 5.74) is -0.248. The van der Waals surface area contributed by atoms with Gasteiger partial charge in [-0.15, -0.1) is 11.8 Å². The first-order valence-electron chi connectivity index (χ1n) is 11.4. The maximum absolute atomic E-state index is 13.2. The van der Waals surface area contributed by atoms with Gasteiger partial charge >= 0.3 is 12.2 Å². The number of hydrogen-bond donors (Lipinski definition) is 3. The number of alkyl halides is 3. The molecule has 0 aromatic heterocycles. The van der Waals surface area contributed by atoms with Crippen molar-refractivity contribution in [1.29, 1.82) is 0 Å². The van der Waals surface area contributed by atoms with Gasteiger partial charge in [0.15, 0.2) is 0 Å². The van der Waals surface area contributed by atoms with Crippen molar-refractivity contribution < 1.29 is 22.8 Å². The number of urea groups is 1. The maximum atomic E-state index is 13.2. The van der Waals surface area contributed by atoms with Gasteiger partial charge in [0.25, 0.3) is 0 Å². The summed E-state index contributed by atoms with van der Waals surface area (Å²) in [6, 6.07) is 9.23. The fourth-order valence-corrected chi connectivity index (χ4v) is 6.27. The molecule has 0 radical (unpaired) electrons. The molecule has 2 heterocycles. The Kier molecular flexibility index (Phi) is 8.28. The molecule has 36 heavy (non-hydrogen) atoms. The average molecular weight is 561 g/mol. The highest BCUT2D eigenvalue weighted by molar-refractivity contribution is 8.01. The van der Waals surface area contributed by atoms with Gasteiger partial charge in [0.1, 0.15) is 0 Å². The van der Waals surface area contributed by atoms with Crippen LogP contribution in [-0.4, -0.2) is 53.1 Å². The van der Waals surface area contributed by atoms with Crippen LogP contribution in [0.2, 0.25) is 10.0 Å². The van der Waals surface area contributed by atoms with E-state index >= 15 is 0 Å². The smallest absolute Gasteiger partial charge is 0.354 e. The number of anilines is 1. The van der Waals surface area contributed by atoms with E-state index in [0.717, 1.165) is 11.6 Å². The van der Waals surface area contributed by atoms with Crippen LogP contribution in [0.4, 0.5) is 23.7 Å². The molecule has 1 spiro atoms. The summed E-state index contributed by atoms with van der Waals surface area (Å²) in [7, 11) is 0. The second-order valence-electron chi connectivity index (χ2n) is 8.74. The minimum absolute atomic E-state index is 0.103. The number of thioether (sulfide) groups is 1. The molecule has 2 fully saturated rings. The van der Waals surface area contributed by atoms with Crippen molar-refractivity contribution in [2.24, 2.45) is 0 Å². The molecule has 0 unspecified atom stereocenters. The maximum Gasteiger partial charge on any atom is 0.418 e. The molecule has 2 aliphatic rings. The van der Waals surface area contributed by atoms with Crippen molar-refractivity contribution in [2.75, 3.05) is 30.7 Å². The van der Waals surface area contributed by atoms with Crippen LogP contribution in [0.15, 0.2) is 42.5 Å². The number of benzene rings is 2. The minimum atomic E-state index is -4.56. The van der Waals surface area contributed by atoms with E-state index in [-0.39, 0.29) is 22.5 Å². The second kappa shape index (κ2) is 11.1. The summed E-state index contributed by atoms with van der Waals surface area (Å²) in [5.74, 6) is 0.493. The molecule has 2 aromatic rings. The van der Waals surface area contributed by atoms with Gasteiger partial charge in [0.2, 0.25) is 5.91 Å². The zero-order valence-electron chi connectivity index (χ0n) is 19.1. The number of piperidine rings is 1. The topological polar surface area (TPSA) is 73.5 Å². The highest BCUT2D eigenvalue weighted by Crippen LogP contribution is 2.40. The van der Waals surface area contributed by atoms with Crippen molar-refractivity contribution in [2.45, 2.75) is 36.4 Å². The zero-order chi connectivity index (χ0) is 25.9. The number of carbonyl (C=O) groups is 2. The second-order valence-corrected chi connectivity index (χ2v) is 11.0. The summed E-state index contributed by atoms with van der Waals surface area (Å²) >= 11 is 13.7. The lowest BCUT2D eigenvalue weighted by atomic mass is 10.0. The molecule has 6 nitrogen and oxygen atoms in total. The van der Waals surface area contributed by atoms with Crippen LogP contribution in [-0.2, 0) is 17.4 Å². The van der Waals surface area contributed by atoms with E-state index in [1.165, 1.54) is 23.1 Å². The lowest BCUT2D eigenvalue weighted by Gasteiger charge is -2.39. The van der Waals surface area contributed by atoms with E-state index in [4.69, 9.17) is 23.2 Å². The summed E-state index contributed by atoms with van der Waals surface area (Å²) in [4.78, 5) is 26.5. The van der Waals surface area contributed by atoms with E-state index in [0.29, 0.717) is 54.7 Å². The molecule has 194 valence electrons. The van der Waals surface area contributed by atoms with Crippen molar-refractivity contribution in [3.63, 3.8) is 0 Å². The minimum Gasteiger partial charge on any atom is -0.354 e. The first-order chi connectivity index (χ1) is 17.1. The number of carbonyl (C=O) groups excluding carboxylic acids is 2. The molecule has 3 amide bonds. The van der Waals surface area contributed by atoms with E-state index in [9.17, 15) is 22.8 Å². The predicted octanol–water partition coefficient (Wildman–Crippen LogP) is 5.40. The summed E-state index contributed by atoms with van der Waals surface area (Å²) in [6.45, 7) is 1.16. The Labute approximate surface area is 221 Å². The average Bonchev–Trinajstić information content (AvgIpc) is 3.24. The van der Waals surface area contributed by atoms with Crippen molar-refractivity contribution in [1.82, 2.24) is 15.5 Å². The third-order valence-electron chi connectivity index (χ3n) is 6.32.